The maximum atomic E-state index is 12.3. The first-order valence-electron chi connectivity index (χ1n) is 12.5. The van der Waals surface area contributed by atoms with Crippen molar-refractivity contribution in [3.05, 3.63) is 42.0 Å². The summed E-state index contributed by atoms with van der Waals surface area (Å²) in [5, 5.41) is 8.24. The van der Waals surface area contributed by atoms with Gasteiger partial charge in [-0.05, 0) is 68.3 Å². The number of hydrogen-bond acceptors (Lipinski definition) is 7. The minimum absolute atomic E-state index is 0.179. The molecule has 2 atom stereocenters. The molecule has 2 aliphatic heterocycles. The highest BCUT2D eigenvalue weighted by Gasteiger charge is 2.38. The van der Waals surface area contributed by atoms with Crippen LogP contribution in [0.2, 0.25) is 0 Å². The molecule has 9 heteroatoms. The Labute approximate surface area is 202 Å². The maximum Gasteiger partial charge on any atom is 0.267 e. The highest BCUT2D eigenvalue weighted by molar-refractivity contribution is 6.02. The van der Waals surface area contributed by atoms with Gasteiger partial charge in [-0.25, -0.2) is 15.0 Å². The van der Waals surface area contributed by atoms with Crippen LogP contribution in [-0.2, 0) is 0 Å². The van der Waals surface area contributed by atoms with Gasteiger partial charge in [0.25, 0.3) is 5.91 Å². The molecule has 1 aliphatic carbocycles. The first-order valence-corrected chi connectivity index (χ1v) is 12.5. The molecule has 3 aliphatic rings. The summed E-state index contributed by atoms with van der Waals surface area (Å²) < 4.78 is 0. The molecular formula is C26H28N8O. The van der Waals surface area contributed by atoms with Crippen molar-refractivity contribution in [3.63, 3.8) is 0 Å². The zero-order valence-corrected chi connectivity index (χ0v) is 19.7. The van der Waals surface area contributed by atoms with Crippen molar-refractivity contribution in [2.45, 2.75) is 37.6 Å². The Kier molecular flexibility index (Phi) is 4.73. The van der Waals surface area contributed by atoms with E-state index in [4.69, 9.17) is 9.97 Å². The molecule has 0 spiro atoms. The Bertz CT molecular complexity index is 1460. The lowest BCUT2D eigenvalue weighted by atomic mass is 9.94. The minimum Gasteiger partial charge on any atom is -0.354 e. The number of aromatic amines is 1. The van der Waals surface area contributed by atoms with E-state index >= 15 is 0 Å². The van der Waals surface area contributed by atoms with Gasteiger partial charge < -0.3 is 20.5 Å². The summed E-state index contributed by atoms with van der Waals surface area (Å²) in [6.07, 6.45) is 10.3. The van der Waals surface area contributed by atoms with Crippen LogP contribution in [-0.4, -0.2) is 63.6 Å². The monoisotopic (exact) mass is 468 g/mol. The van der Waals surface area contributed by atoms with E-state index in [9.17, 15) is 4.79 Å². The fourth-order valence-corrected chi connectivity index (χ4v) is 5.95. The van der Waals surface area contributed by atoms with E-state index in [1.807, 2.05) is 24.5 Å². The quantitative estimate of drug-likeness (QED) is 0.422. The summed E-state index contributed by atoms with van der Waals surface area (Å²) >= 11 is 0. The predicted octanol–water partition coefficient (Wildman–Crippen LogP) is 2.99. The van der Waals surface area contributed by atoms with Gasteiger partial charge in [-0.3, -0.25) is 9.78 Å². The maximum absolute atomic E-state index is 12.3. The van der Waals surface area contributed by atoms with Crippen molar-refractivity contribution in [2.75, 3.05) is 31.6 Å². The zero-order valence-electron chi connectivity index (χ0n) is 19.7. The van der Waals surface area contributed by atoms with E-state index in [0.29, 0.717) is 35.0 Å². The van der Waals surface area contributed by atoms with Crippen molar-refractivity contribution in [3.8, 4) is 11.4 Å². The van der Waals surface area contributed by atoms with Gasteiger partial charge in [-0.15, -0.1) is 0 Å². The number of pyridine rings is 2. The smallest absolute Gasteiger partial charge is 0.267 e. The normalized spacial score (nSPS) is 22.0. The summed E-state index contributed by atoms with van der Waals surface area (Å²) in [5.74, 6) is 2.71. The SMILES string of the molecule is CNC(=O)c1cc2c(-c3nc(N4CCC5CNCCC54)c4c(C5CC5)cncc4n3)ccnc2[nH]1. The molecule has 2 saturated heterocycles. The molecule has 3 fully saturated rings. The third-order valence-corrected chi connectivity index (χ3v) is 7.86. The molecule has 2 unspecified atom stereocenters. The van der Waals surface area contributed by atoms with Gasteiger partial charge in [0.1, 0.15) is 17.2 Å². The summed E-state index contributed by atoms with van der Waals surface area (Å²) in [5.41, 5.74) is 4.15. The largest absolute Gasteiger partial charge is 0.354 e. The van der Waals surface area contributed by atoms with E-state index in [-0.39, 0.29) is 5.91 Å². The molecule has 178 valence electrons. The van der Waals surface area contributed by atoms with Gasteiger partial charge in [0, 0.05) is 48.4 Å². The fraction of sp³-hybridized carbons (Fsp3) is 0.423. The second-order valence-corrected chi connectivity index (χ2v) is 9.95. The second kappa shape index (κ2) is 7.98. The summed E-state index contributed by atoms with van der Waals surface area (Å²) in [6.45, 7) is 3.12. The van der Waals surface area contributed by atoms with E-state index in [2.05, 4.69) is 30.5 Å². The number of H-pyrrole nitrogens is 1. The zero-order chi connectivity index (χ0) is 23.5. The van der Waals surface area contributed by atoms with Gasteiger partial charge in [0.15, 0.2) is 5.82 Å². The van der Waals surface area contributed by atoms with Crippen LogP contribution in [0.15, 0.2) is 30.7 Å². The Balaban J connectivity index is 1.44. The molecule has 35 heavy (non-hydrogen) atoms. The Morgan fingerprint density at radius 3 is 2.94 bits per heavy atom. The number of piperidine rings is 1. The molecule has 6 heterocycles. The lowest BCUT2D eigenvalue weighted by Crippen LogP contribution is -2.44. The van der Waals surface area contributed by atoms with Crippen LogP contribution in [0.25, 0.3) is 33.3 Å². The van der Waals surface area contributed by atoms with Crippen LogP contribution < -0.4 is 15.5 Å². The third-order valence-electron chi connectivity index (χ3n) is 7.86. The highest BCUT2D eigenvalue weighted by atomic mass is 16.1. The number of fused-ring (bicyclic) bond motifs is 3. The van der Waals surface area contributed by atoms with Crippen molar-refractivity contribution >= 4 is 33.7 Å². The lowest BCUT2D eigenvalue weighted by Gasteiger charge is -2.33. The number of aromatic nitrogens is 5. The van der Waals surface area contributed by atoms with Crippen LogP contribution in [0.4, 0.5) is 5.82 Å². The van der Waals surface area contributed by atoms with E-state index in [0.717, 1.165) is 53.7 Å². The second-order valence-electron chi connectivity index (χ2n) is 9.95. The molecule has 9 nitrogen and oxygen atoms in total. The summed E-state index contributed by atoms with van der Waals surface area (Å²) in [4.78, 5) is 37.2. The van der Waals surface area contributed by atoms with Gasteiger partial charge in [-0.2, -0.15) is 0 Å². The van der Waals surface area contributed by atoms with Crippen LogP contribution in [0.3, 0.4) is 0 Å². The first kappa shape index (κ1) is 20.8. The molecule has 4 aromatic rings. The van der Waals surface area contributed by atoms with Crippen LogP contribution >= 0.6 is 0 Å². The van der Waals surface area contributed by atoms with Gasteiger partial charge in [-0.1, -0.05) is 0 Å². The Morgan fingerprint density at radius 1 is 1.17 bits per heavy atom. The number of carbonyl (C=O) groups excluding carboxylic acids is 1. The average molecular weight is 469 g/mol. The van der Waals surface area contributed by atoms with E-state index < -0.39 is 0 Å². The van der Waals surface area contributed by atoms with Crippen LogP contribution in [0, 0.1) is 5.92 Å². The molecular weight excluding hydrogens is 440 g/mol. The highest BCUT2D eigenvalue weighted by Crippen LogP contribution is 2.46. The molecule has 0 aromatic carbocycles. The average Bonchev–Trinajstić information content (AvgIpc) is 3.50. The Hall–Kier alpha value is -3.59. The van der Waals surface area contributed by atoms with Gasteiger partial charge in [0.2, 0.25) is 0 Å². The number of carbonyl (C=O) groups is 1. The molecule has 4 aromatic heterocycles. The number of nitrogens with one attached hydrogen (secondary N) is 3. The molecule has 7 rings (SSSR count). The molecule has 1 saturated carbocycles. The Morgan fingerprint density at radius 2 is 2.09 bits per heavy atom. The van der Waals surface area contributed by atoms with Crippen LogP contribution in [0.5, 0.6) is 0 Å². The fourth-order valence-electron chi connectivity index (χ4n) is 5.95. The van der Waals surface area contributed by atoms with Crippen molar-refractivity contribution < 1.29 is 4.79 Å². The number of nitrogens with zero attached hydrogens (tertiary/aromatic N) is 5. The number of amides is 1. The summed E-state index contributed by atoms with van der Waals surface area (Å²) in [6, 6.07) is 4.26. The van der Waals surface area contributed by atoms with Gasteiger partial charge in [0.05, 0.1) is 11.7 Å². The molecule has 0 radical (unpaired) electrons. The minimum atomic E-state index is -0.179. The lowest BCUT2D eigenvalue weighted by molar-refractivity contribution is 0.0959. The van der Waals surface area contributed by atoms with Crippen LogP contribution in [0.1, 0.15) is 47.7 Å². The summed E-state index contributed by atoms with van der Waals surface area (Å²) in [7, 11) is 1.62. The topological polar surface area (TPSA) is 112 Å². The molecule has 1 amide bonds. The third kappa shape index (κ3) is 3.36. The van der Waals surface area contributed by atoms with Crippen molar-refractivity contribution in [1.82, 2.24) is 35.6 Å². The van der Waals surface area contributed by atoms with E-state index in [1.165, 1.54) is 24.8 Å². The van der Waals surface area contributed by atoms with Crippen molar-refractivity contribution in [2.24, 2.45) is 5.92 Å². The number of hydrogen-bond donors (Lipinski definition) is 3. The number of anilines is 1. The van der Waals surface area contributed by atoms with Gasteiger partial charge >= 0.3 is 0 Å². The predicted molar refractivity (Wildman–Crippen MR) is 135 cm³/mol. The van der Waals surface area contributed by atoms with Crippen molar-refractivity contribution in [1.29, 1.82) is 0 Å². The van der Waals surface area contributed by atoms with E-state index in [1.54, 1.807) is 13.2 Å². The molecule has 0 bridgehead atoms. The standard InChI is InChI=1S/C26H28N8O/c1-27-26(35)19-10-17-16(4-8-30-23(17)31-19)24-32-20-13-29-12-18(14-2-3-14)22(20)25(33-24)34-9-6-15-11-28-7-5-21(15)34/h4,8,10,12-15,21,28H,2-3,5-7,9,11H2,1H3,(H,27,35)(H,30,31). The number of rotatable bonds is 4. The molecule has 3 N–H and O–H groups in total. The first-order chi connectivity index (χ1) is 17.2.